The molecule has 0 fully saturated rings. The summed E-state index contributed by atoms with van der Waals surface area (Å²) in [5.74, 6) is -0.0157. The molecule has 0 aliphatic carbocycles. The van der Waals surface area contributed by atoms with Crippen LogP contribution in [0.4, 0.5) is 5.69 Å². The van der Waals surface area contributed by atoms with E-state index < -0.39 is 5.97 Å². The predicted octanol–water partition coefficient (Wildman–Crippen LogP) is 3.24. The third-order valence-corrected chi connectivity index (χ3v) is 3.45. The van der Waals surface area contributed by atoms with Crippen LogP contribution in [0.5, 0.6) is 5.75 Å². The first-order chi connectivity index (χ1) is 9.60. The van der Waals surface area contributed by atoms with Gasteiger partial charge < -0.3 is 15.2 Å². The minimum atomic E-state index is -0.430. The number of rotatable bonds is 4. The van der Waals surface area contributed by atoms with Crippen molar-refractivity contribution in [3.8, 4) is 5.75 Å². The van der Waals surface area contributed by atoms with Gasteiger partial charge in [0.2, 0.25) is 0 Å². The summed E-state index contributed by atoms with van der Waals surface area (Å²) in [6, 6.07) is 12.6. The maximum atomic E-state index is 12.0. The van der Waals surface area contributed by atoms with Gasteiger partial charge in [0, 0.05) is 15.3 Å². The number of nitrogen functional groups attached to an aromatic ring is 1. The van der Waals surface area contributed by atoms with Gasteiger partial charge in [0.05, 0.1) is 7.11 Å². The van der Waals surface area contributed by atoms with Crippen molar-refractivity contribution in [1.29, 1.82) is 0 Å². The highest BCUT2D eigenvalue weighted by Gasteiger charge is 2.14. The third kappa shape index (κ3) is 3.63. The molecule has 0 radical (unpaired) electrons. The predicted molar refractivity (Wildman–Crippen MR) is 85.7 cm³/mol. The molecular formula is C15H14INO3. The Labute approximate surface area is 131 Å². The van der Waals surface area contributed by atoms with Crippen molar-refractivity contribution in [2.45, 2.75) is 6.61 Å². The van der Waals surface area contributed by atoms with E-state index in [1.54, 1.807) is 18.2 Å². The van der Waals surface area contributed by atoms with Gasteiger partial charge in [0.25, 0.3) is 0 Å². The van der Waals surface area contributed by atoms with Gasteiger partial charge in [0.1, 0.15) is 17.9 Å². The minimum Gasteiger partial charge on any atom is -0.496 e. The Morgan fingerprint density at radius 1 is 1.20 bits per heavy atom. The van der Waals surface area contributed by atoms with Crippen molar-refractivity contribution in [3.05, 3.63) is 57.2 Å². The van der Waals surface area contributed by atoms with E-state index in [0.717, 1.165) is 9.13 Å². The van der Waals surface area contributed by atoms with E-state index in [1.807, 2.05) is 24.3 Å². The summed E-state index contributed by atoms with van der Waals surface area (Å²) in [5.41, 5.74) is 7.49. The molecule has 4 nitrogen and oxygen atoms in total. The van der Waals surface area contributed by atoms with E-state index in [-0.39, 0.29) is 6.61 Å². The first-order valence-electron chi connectivity index (χ1n) is 5.95. The molecule has 0 bridgehead atoms. The highest BCUT2D eigenvalue weighted by Crippen LogP contribution is 2.22. The smallest absolute Gasteiger partial charge is 0.342 e. The van der Waals surface area contributed by atoms with Crippen LogP contribution in [-0.4, -0.2) is 13.1 Å². The van der Waals surface area contributed by atoms with Crippen molar-refractivity contribution >= 4 is 34.2 Å². The third-order valence-electron chi connectivity index (χ3n) is 2.73. The van der Waals surface area contributed by atoms with E-state index >= 15 is 0 Å². The zero-order valence-electron chi connectivity index (χ0n) is 10.9. The number of anilines is 1. The summed E-state index contributed by atoms with van der Waals surface area (Å²) in [4.78, 5) is 12.0. The van der Waals surface area contributed by atoms with E-state index in [2.05, 4.69) is 22.6 Å². The average Bonchev–Trinajstić information content (AvgIpc) is 2.46. The summed E-state index contributed by atoms with van der Waals surface area (Å²) in [7, 11) is 1.49. The molecule has 2 rings (SSSR count). The number of esters is 1. The normalized spacial score (nSPS) is 10.1. The lowest BCUT2D eigenvalue weighted by atomic mass is 10.2. The van der Waals surface area contributed by atoms with E-state index in [0.29, 0.717) is 17.0 Å². The lowest BCUT2D eigenvalue weighted by Gasteiger charge is -2.09. The number of ether oxygens (including phenoxy) is 2. The van der Waals surface area contributed by atoms with Gasteiger partial charge >= 0.3 is 5.97 Å². The van der Waals surface area contributed by atoms with Crippen LogP contribution < -0.4 is 10.5 Å². The molecule has 0 spiro atoms. The number of hydrogen-bond acceptors (Lipinski definition) is 4. The van der Waals surface area contributed by atoms with Gasteiger partial charge in [-0.3, -0.25) is 0 Å². The molecule has 2 aromatic carbocycles. The number of hydrogen-bond donors (Lipinski definition) is 1. The molecule has 0 aliphatic rings. The quantitative estimate of drug-likeness (QED) is 0.500. The SMILES string of the molecule is COc1cc(N)ccc1C(=O)OCc1ccc(I)cc1. The van der Waals surface area contributed by atoms with Crippen LogP contribution in [0.25, 0.3) is 0 Å². The van der Waals surface area contributed by atoms with Crippen LogP contribution in [-0.2, 0) is 11.3 Å². The average molecular weight is 383 g/mol. The summed E-state index contributed by atoms with van der Waals surface area (Å²) in [5, 5.41) is 0. The fourth-order valence-corrected chi connectivity index (χ4v) is 2.04. The molecule has 0 atom stereocenters. The number of nitrogens with two attached hydrogens (primary N) is 1. The van der Waals surface area contributed by atoms with Crippen LogP contribution in [0.3, 0.4) is 0 Å². The van der Waals surface area contributed by atoms with Gasteiger partial charge in [-0.2, -0.15) is 0 Å². The van der Waals surface area contributed by atoms with Gasteiger partial charge in [-0.15, -0.1) is 0 Å². The summed E-state index contributed by atoms with van der Waals surface area (Å²) in [6.07, 6.45) is 0. The molecule has 104 valence electrons. The van der Waals surface area contributed by atoms with Crippen molar-refractivity contribution in [1.82, 2.24) is 0 Å². The molecule has 0 aromatic heterocycles. The fourth-order valence-electron chi connectivity index (χ4n) is 1.68. The highest BCUT2D eigenvalue weighted by molar-refractivity contribution is 14.1. The lowest BCUT2D eigenvalue weighted by molar-refractivity contribution is 0.0469. The number of benzene rings is 2. The fraction of sp³-hybridized carbons (Fsp3) is 0.133. The second-order valence-electron chi connectivity index (χ2n) is 4.16. The Hall–Kier alpha value is -1.76. The van der Waals surface area contributed by atoms with Crippen LogP contribution in [0.2, 0.25) is 0 Å². The molecule has 5 heteroatoms. The second-order valence-corrected chi connectivity index (χ2v) is 5.41. The van der Waals surface area contributed by atoms with Crippen molar-refractivity contribution in [3.63, 3.8) is 0 Å². The number of carbonyl (C=O) groups excluding carboxylic acids is 1. The molecule has 2 aromatic rings. The summed E-state index contributed by atoms with van der Waals surface area (Å²) < 4.78 is 11.5. The first-order valence-corrected chi connectivity index (χ1v) is 7.03. The highest BCUT2D eigenvalue weighted by atomic mass is 127. The Morgan fingerprint density at radius 2 is 1.90 bits per heavy atom. The van der Waals surface area contributed by atoms with Gasteiger partial charge in [-0.1, -0.05) is 12.1 Å². The molecule has 0 heterocycles. The van der Waals surface area contributed by atoms with Crippen molar-refractivity contribution in [2.75, 3.05) is 12.8 Å². The van der Waals surface area contributed by atoms with E-state index in [9.17, 15) is 4.79 Å². The van der Waals surface area contributed by atoms with Crippen LogP contribution in [0, 0.1) is 3.57 Å². The zero-order chi connectivity index (χ0) is 14.5. The number of methoxy groups -OCH3 is 1. The molecule has 0 saturated carbocycles. The zero-order valence-corrected chi connectivity index (χ0v) is 13.1. The molecule has 20 heavy (non-hydrogen) atoms. The summed E-state index contributed by atoms with van der Waals surface area (Å²) in [6.45, 7) is 0.225. The Kier molecular flexibility index (Phi) is 4.84. The monoisotopic (exact) mass is 383 g/mol. The van der Waals surface area contributed by atoms with Gasteiger partial charge in [0.15, 0.2) is 0 Å². The maximum absolute atomic E-state index is 12.0. The molecule has 0 amide bonds. The topological polar surface area (TPSA) is 61.5 Å². The number of halogens is 1. The van der Waals surface area contributed by atoms with Crippen LogP contribution in [0.15, 0.2) is 42.5 Å². The Balaban J connectivity index is 2.07. The maximum Gasteiger partial charge on any atom is 0.342 e. The molecule has 0 unspecified atom stereocenters. The molecule has 2 N–H and O–H groups in total. The molecule has 0 saturated heterocycles. The van der Waals surface area contributed by atoms with Crippen LogP contribution >= 0.6 is 22.6 Å². The van der Waals surface area contributed by atoms with Gasteiger partial charge in [-0.25, -0.2) is 4.79 Å². The van der Waals surface area contributed by atoms with Gasteiger partial charge in [-0.05, 0) is 52.4 Å². The Bertz CT molecular complexity index is 611. The Morgan fingerprint density at radius 3 is 2.55 bits per heavy atom. The largest absolute Gasteiger partial charge is 0.496 e. The lowest BCUT2D eigenvalue weighted by Crippen LogP contribution is -2.07. The standard InChI is InChI=1S/C15H14INO3/c1-19-14-8-12(17)6-7-13(14)15(18)20-9-10-2-4-11(16)5-3-10/h2-8H,9,17H2,1H3. The molecule has 0 aliphatic heterocycles. The van der Waals surface area contributed by atoms with Crippen LogP contribution in [0.1, 0.15) is 15.9 Å². The second kappa shape index (κ2) is 6.60. The van der Waals surface area contributed by atoms with E-state index in [4.69, 9.17) is 15.2 Å². The van der Waals surface area contributed by atoms with Crippen molar-refractivity contribution < 1.29 is 14.3 Å². The number of carbonyl (C=O) groups is 1. The molecular weight excluding hydrogens is 369 g/mol. The van der Waals surface area contributed by atoms with E-state index in [1.165, 1.54) is 7.11 Å². The van der Waals surface area contributed by atoms with Crippen molar-refractivity contribution in [2.24, 2.45) is 0 Å². The minimum absolute atomic E-state index is 0.225. The summed E-state index contributed by atoms with van der Waals surface area (Å²) >= 11 is 2.22. The first kappa shape index (κ1) is 14.6.